The molecule has 0 N–H and O–H groups in total. The Bertz CT molecular complexity index is 1890. The van der Waals surface area contributed by atoms with Crippen LogP contribution in [0.15, 0.2) is 72.8 Å². The van der Waals surface area contributed by atoms with Gasteiger partial charge in [-0.2, -0.15) is 0 Å². The molecule has 0 saturated carbocycles. The molecule has 0 spiro atoms. The van der Waals surface area contributed by atoms with E-state index in [1.807, 2.05) is 6.07 Å². The minimum Gasteiger partial charge on any atom is -0.287 e. The summed E-state index contributed by atoms with van der Waals surface area (Å²) in [5, 5.41) is 0. The number of para-hydroxylation sites is 4. The van der Waals surface area contributed by atoms with Gasteiger partial charge in [0, 0.05) is 0 Å². The van der Waals surface area contributed by atoms with Crippen molar-refractivity contribution in [2.24, 2.45) is 0 Å². The first-order valence-corrected chi connectivity index (χ1v) is 11.7. The molecule has 4 aromatic heterocycles. The van der Waals surface area contributed by atoms with Gasteiger partial charge in [0.15, 0.2) is 4.96 Å². The zero-order chi connectivity index (χ0) is 20.8. The maximum atomic E-state index is 5.00. The van der Waals surface area contributed by atoms with E-state index in [1.54, 1.807) is 11.3 Å². The third-order valence-electron chi connectivity index (χ3n) is 6.55. The van der Waals surface area contributed by atoms with E-state index in [4.69, 9.17) is 9.97 Å². The molecule has 1 aliphatic carbocycles. The third kappa shape index (κ3) is 2.03. The van der Waals surface area contributed by atoms with Crippen molar-refractivity contribution >= 4 is 60.4 Å². The van der Waals surface area contributed by atoms with Crippen molar-refractivity contribution in [2.45, 2.75) is 12.8 Å². The van der Waals surface area contributed by atoms with E-state index >= 15 is 0 Å². The number of aryl methyl sites for hydroxylation is 1. The third-order valence-corrected chi connectivity index (χ3v) is 7.55. The topological polar surface area (TPSA) is 39.5 Å². The van der Waals surface area contributed by atoms with Gasteiger partial charge in [-0.3, -0.25) is 13.4 Å². The van der Waals surface area contributed by atoms with Gasteiger partial charge in [0.2, 0.25) is 5.78 Å². The van der Waals surface area contributed by atoms with E-state index in [-0.39, 0.29) is 0 Å². The van der Waals surface area contributed by atoms with Gasteiger partial charge >= 0.3 is 0 Å². The van der Waals surface area contributed by atoms with Crippen molar-refractivity contribution in [3.8, 4) is 5.69 Å². The number of hydrogen-bond acceptors (Lipinski definition) is 3. The van der Waals surface area contributed by atoms with Gasteiger partial charge in [0.1, 0.15) is 0 Å². The molecule has 6 heteroatoms. The number of imidazole rings is 3. The van der Waals surface area contributed by atoms with Crippen molar-refractivity contribution in [3.05, 3.63) is 84.2 Å². The predicted octanol–water partition coefficient (Wildman–Crippen LogP) is 6.25. The van der Waals surface area contributed by atoms with E-state index in [1.165, 1.54) is 15.9 Å². The Hall–Kier alpha value is -3.90. The van der Waals surface area contributed by atoms with Crippen LogP contribution in [0.25, 0.3) is 54.8 Å². The van der Waals surface area contributed by atoms with Crippen LogP contribution in [0.3, 0.4) is 0 Å². The lowest BCUT2D eigenvalue weighted by atomic mass is 10.1. The molecule has 0 saturated heterocycles. The molecule has 3 aromatic carbocycles. The number of hydrogen-bond donors (Lipinski definition) is 0. The van der Waals surface area contributed by atoms with E-state index in [9.17, 15) is 0 Å². The summed E-state index contributed by atoms with van der Waals surface area (Å²) in [4.78, 5) is 11.0. The molecule has 0 fully saturated rings. The Morgan fingerprint density at radius 2 is 1.62 bits per heavy atom. The lowest BCUT2D eigenvalue weighted by molar-refractivity contribution is 0.923. The van der Waals surface area contributed by atoms with Crippen LogP contribution >= 0.6 is 11.3 Å². The maximum absolute atomic E-state index is 5.00. The number of allylic oxidation sites excluding steroid dienone is 1. The molecule has 0 bridgehead atoms. The normalized spacial score (nSPS) is 13.9. The Morgan fingerprint density at radius 1 is 0.781 bits per heavy atom. The Morgan fingerprint density at radius 3 is 2.56 bits per heavy atom. The number of benzene rings is 3. The molecule has 5 nitrogen and oxygen atoms in total. The van der Waals surface area contributed by atoms with E-state index < -0.39 is 0 Å². The van der Waals surface area contributed by atoms with Gasteiger partial charge in [-0.15, -0.1) is 0 Å². The highest BCUT2D eigenvalue weighted by Gasteiger charge is 2.20. The monoisotopic (exact) mass is 431 g/mol. The lowest BCUT2D eigenvalue weighted by Gasteiger charge is -2.07. The fourth-order valence-corrected chi connectivity index (χ4v) is 6.25. The summed E-state index contributed by atoms with van der Waals surface area (Å²) in [6, 6.07) is 23.6. The molecule has 0 atom stereocenters. The molecular formula is C26H17N5S. The SMILES string of the molecule is C1=Cc2nc3sc4cc(-n5c6ccccc6n6c7ccccc7nc56)ccc4n3c2CC1. The van der Waals surface area contributed by atoms with Crippen molar-refractivity contribution in [1.82, 2.24) is 23.3 Å². The summed E-state index contributed by atoms with van der Waals surface area (Å²) in [6.45, 7) is 0. The molecular weight excluding hydrogens is 414 g/mol. The quantitative estimate of drug-likeness (QED) is 0.308. The molecule has 7 aromatic rings. The van der Waals surface area contributed by atoms with Gasteiger partial charge < -0.3 is 0 Å². The molecule has 0 unspecified atom stereocenters. The fourth-order valence-electron chi connectivity index (χ4n) is 5.16. The van der Waals surface area contributed by atoms with Crippen LogP contribution < -0.4 is 0 Å². The molecule has 32 heavy (non-hydrogen) atoms. The number of nitrogens with zero attached hydrogens (tertiary/aromatic N) is 5. The van der Waals surface area contributed by atoms with Gasteiger partial charge in [-0.1, -0.05) is 41.7 Å². The zero-order valence-electron chi connectivity index (χ0n) is 17.1. The van der Waals surface area contributed by atoms with Crippen LogP contribution in [0.4, 0.5) is 0 Å². The Kier molecular flexibility index (Phi) is 3.07. The summed E-state index contributed by atoms with van der Waals surface area (Å²) in [5.41, 5.74) is 9.27. The van der Waals surface area contributed by atoms with E-state index in [0.29, 0.717) is 0 Å². The second-order valence-corrected chi connectivity index (χ2v) is 9.33. The average molecular weight is 432 g/mol. The first-order valence-electron chi connectivity index (χ1n) is 10.8. The maximum Gasteiger partial charge on any atom is 0.220 e. The van der Waals surface area contributed by atoms with Crippen LogP contribution in [0, 0.1) is 0 Å². The first-order chi connectivity index (χ1) is 15.9. The summed E-state index contributed by atoms with van der Waals surface area (Å²) in [6.07, 6.45) is 6.50. The molecule has 152 valence electrons. The first kappa shape index (κ1) is 16.8. The van der Waals surface area contributed by atoms with Crippen molar-refractivity contribution in [2.75, 3.05) is 0 Å². The minimum absolute atomic E-state index is 0.940. The van der Waals surface area contributed by atoms with Crippen LogP contribution in [0.1, 0.15) is 17.8 Å². The highest BCUT2D eigenvalue weighted by atomic mass is 32.1. The summed E-state index contributed by atoms with van der Waals surface area (Å²) >= 11 is 1.76. The van der Waals surface area contributed by atoms with Crippen LogP contribution in [-0.4, -0.2) is 23.3 Å². The van der Waals surface area contributed by atoms with Crippen molar-refractivity contribution in [1.29, 1.82) is 0 Å². The summed E-state index contributed by atoms with van der Waals surface area (Å²) < 4.78 is 8.12. The van der Waals surface area contributed by atoms with Gasteiger partial charge in [-0.25, -0.2) is 9.97 Å². The number of fused-ring (bicyclic) bond motifs is 10. The molecule has 0 amide bonds. The second-order valence-electron chi connectivity index (χ2n) is 8.32. The number of aromatic nitrogens is 5. The van der Waals surface area contributed by atoms with E-state index in [0.717, 1.165) is 57.0 Å². The van der Waals surface area contributed by atoms with Gasteiger partial charge in [-0.05, 0) is 61.4 Å². The standard InChI is InChI=1S/C26H17N5S/c1-3-9-19-17(7-1)27-25-29(21-11-5-6-12-22(21)30(19)25)16-13-14-23-24(15-16)32-26-28-18-8-2-4-10-20(18)31(23)26/h1-3,5-9,11-15H,4,10H2. The lowest BCUT2D eigenvalue weighted by Crippen LogP contribution is -1.97. The smallest absolute Gasteiger partial charge is 0.220 e. The Balaban J connectivity index is 1.45. The van der Waals surface area contributed by atoms with Crippen LogP contribution in [0.2, 0.25) is 0 Å². The van der Waals surface area contributed by atoms with Gasteiger partial charge in [0.05, 0.1) is 49.4 Å². The molecule has 0 aliphatic heterocycles. The molecule has 0 radical (unpaired) electrons. The fraction of sp³-hybridized carbons (Fsp3) is 0.0769. The van der Waals surface area contributed by atoms with E-state index in [2.05, 4.69) is 86.2 Å². The minimum atomic E-state index is 0.940. The molecule has 1 aliphatic rings. The Labute approximate surface area is 186 Å². The highest BCUT2D eigenvalue weighted by Crippen LogP contribution is 2.35. The predicted molar refractivity (Wildman–Crippen MR) is 131 cm³/mol. The number of rotatable bonds is 1. The molecule has 4 heterocycles. The van der Waals surface area contributed by atoms with Gasteiger partial charge in [0.25, 0.3) is 0 Å². The molecule has 8 rings (SSSR count). The van der Waals surface area contributed by atoms with Crippen LogP contribution in [0.5, 0.6) is 0 Å². The van der Waals surface area contributed by atoms with Crippen molar-refractivity contribution in [3.63, 3.8) is 0 Å². The summed E-state index contributed by atoms with van der Waals surface area (Å²) in [5.74, 6) is 0.940. The summed E-state index contributed by atoms with van der Waals surface area (Å²) in [7, 11) is 0. The van der Waals surface area contributed by atoms with Crippen LogP contribution in [-0.2, 0) is 6.42 Å². The van der Waals surface area contributed by atoms with Crippen molar-refractivity contribution < 1.29 is 0 Å². The second kappa shape index (κ2) is 5.87. The number of thiazole rings is 1. The average Bonchev–Trinajstić information content (AvgIpc) is 3.54. The zero-order valence-corrected chi connectivity index (χ0v) is 17.9. The largest absolute Gasteiger partial charge is 0.287 e. The highest BCUT2D eigenvalue weighted by molar-refractivity contribution is 7.23.